The van der Waals surface area contributed by atoms with Crippen molar-refractivity contribution >= 4 is 11.9 Å². The standard InChI is InChI=1S/C22H42O4/c1-3-4-5-6-7-8-9-10-11-12-15-19(2)16-13-14-17-20(22(25)26)18-21(23)24/h19-20H,3-18H2,1-2H3,(H,23,24)(H,25,26). The van der Waals surface area contributed by atoms with Gasteiger partial charge in [0.15, 0.2) is 0 Å². The molecular formula is C22H42O4. The maximum atomic E-state index is 11.0. The molecule has 0 bridgehead atoms. The maximum absolute atomic E-state index is 11.0. The van der Waals surface area contributed by atoms with Gasteiger partial charge in [0.1, 0.15) is 0 Å². The number of carbonyl (C=O) groups is 2. The highest BCUT2D eigenvalue weighted by molar-refractivity contribution is 5.77. The number of hydrogen-bond acceptors (Lipinski definition) is 2. The summed E-state index contributed by atoms with van der Waals surface area (Å²) < 4.78 is 0. The Bertz CT molecular complexity index is 354. The van der Waals surface area contributed by atoms with E-state index >= 15 is 0 Å². The summed E-state index contributed by atoms with van der Waals surface area (Å²) in [6.07, 6.45) is 18.1. The molecule has 2 N–H and O–H groups in total. The number of aliphatic carboxylic acids is 2. The number of hydrogen-bond donors (Lipinski definition) is 2. The van der Waals surface area contributed by atoms with Gasteiger partial charge in [0, 0.05) is 0 Å². The van der Waals surface area contributed by atoms with E-state index in [1.165, 1.54) is 70.6 Å². The van der Waals surface area contributed by atoms with Crippen LogP contribution in [-0.2, 0) is 9.59 Å². The Morgan fingerprint density at radius 2 is 1.12 bits per heavy atom. The normalized spacial score (nSPS) is 13.5. The molecule has 0 spiro atoms. The minimum absolute atomic E-state index is 0.260. The molecule has 0 aromatic rings. The van der Waals surface area contributed by atoms with E-state index in [2.05, 4.69) is 13.8 Å². The van der Waals surface area contributed by atoms with Gasteiger partial charge in [0.25, 0.3) is 0 Å². The zero-order valence-electron chi connectivity index (χ0n) is 17.2. The number of carboxylic acids is 2. The van der Waals surface area contributed by atoms with Crippen molar-refractivity contribution in [2.45, 2.75) is 117 Å². The van der Waals surface area contributed by atoms with E-state index in [1.807, 2.05) is 0 Å². The van der Waals surface area contributed by atoms with E-state index in [0.29, 0.717) is 12.3 Å². The Kier molecular flexibility index (Phi) is 16.7. The average Bonchev–Trinajstić information content (AvgIpc) is 2.58. The van der Waals surface area contributed by atoms with Gasteiger partial charge in [-0.05, 0) is 12.3 Å². The van der Waals surface area contributed by atoms with Crippen LogP contribution in [0.15, 0.2) is 0 Å². The number of unbranched alkanes of at least 4 members (excludes halogenated alkanes) is 10. The van der Waals surface area contributed by atoms with E-state index in [1.54, 1.807) is 0 Å². The van der Waals surface area contributed by atoms with Gasteiger partial charge in [-0.25, -0.2) is 0 Å². The monoisotopic (exact) mass is 370 g/mol. The first kappa shape index (κ1) is 24.9. The van der Waals surface area contributed by atoms with E-state index in [0.717, 1.165) is 19.3 Å². The van der Waals surface area contributed by atoms with Crippen molar-refractivity contribution in [1.82, 2.24) is 0 Å². The van der Waals surface area contributed by atoms with Crippen LogP contribution < -0.4 is 0 Å². The smallest absolute Gasteiger partial charge is 0.307 e. The summed E-state index contributed by atoms with van der Waals surface area (Å²) in [5.74, 6) is -2.05. The highest BCUT2D eigenvalue weighted by atomic mass is 16.4. The summed E-state index contributed by atoms with van der Waals surface area (Å²) in [6.45, 7) is 4.53. The minimum Gasteiger partial charge on any atom is -0.481 e. The van der Waals surface area contributed by atoms with Gasteiger partial charge in [-0.15, -0.1) is 0 Å². The Labute approximate surface area is 160 Å². The topological polar surface area (TPSA) is 74.6 Å². The maximum Gasteiger partial charge on any atom is 0.307 e. The molecule has 4 nitrogen and oxygen atoms in total. The van der Waals surface area contributed by atoms with Crippen molar-refractivity contribution in [2.75, 3.05) is 0 Å². The molecule has 0 radical (unpaired) electrons. The lowest BCUT2D eigenvalue weighted by Crippen LogP contribution is -2.17. The highest BCUT2D eigenvalue weighted by Gasteiger charge is 2.20. The van der Waals surface area contributed by atoms with Gasteiger partial charge in [0.05, 0.1) is 12.3 Å². The molecule has 2 atom stereocenters. The van der Waals surface area contributed by atoms with Crippen LogP contribution in [0.4, 0.5) is 0 Å². The summed E-state index contributed by atoms with van der Waals surface area (Å²) >= 11 is 0. The largest absolute Gasteiger partial charge is 0.481 e. The van der Waals surface area contributed by atoms with Crippen molar-refractivity contribution < 1.29 is 19.8 Å². The van der Waals surface area contributed by atoms with Crippen molar-refractivity contribution in [1.29, 1.82) is 0 Å². The van der Waals surface area contributed by atoms with E-state index in [-0.39, 0.29) is 6.42 Å². The lowest BCUT2D eigenvalue weighted by molar-refractivity contribution is -0.148. The molecule has 0 aromatic heterocycles. The fraction of sp³-hybridized carbons (Fsp3) is 0.909. The van der Waals surface area contributed by atoms with Crippen LogP contribution in [0.25, 0.3) is 0 Å². The second-order valence-corrected chi connectivity index (χ2v) is 7.99. The van der Waals surface area contributed by atoms with Crippen molar-refractivity contribution in [3.05, 3.63) is 0 Å². The van der Waals surface area contributed by atoms with Gasteiger partial charge in [-0.3, -0.25) is 9.59 Å². The molecule has 0 aliphatic rings. The Hall–Kier alpha value is -1.06. The number of rotatable bonds is 19. The minimum atomic E-state index is -1.02. The summed E-state index contributed by atoms with van der Waals surface area (Å²) in [4.78, 5) is 21.7. The van der Waals surface area contributed by atoms with Crippen molar-refractivity contribution in [3.8, 4) is 0 Å². The molecule has 0 fully saturated rings. The zero-order valence-corrected chi connectivity index (χ0v) is 17.2. The molecule has 154 valence electrons. The van der Waals surface area contributed by atoms with Crippen LogP contribution in [-0.4, -0.2) is 22.2 Å². The fourth-order valence-electron chi connectivity index (χ4n) is 3.53. The molecule has 0 saturated carbocycles. The molecule has 0 heterocycles. The quantitative estimate of drug-likeness (QED) is 0.249. The van der Waals surface area contributed by atoms with Crippen LogP contribution in [0.3, 0.4) is 0 Å². The first-order chi connectivity index (χ1) is 12.5. The third-order valence-electron chi connectivity index (χ3n) is 5.32. The molecule has 0 amide bonds. The van der Waals surface area contributed by atoms with Crippen molar-refractivity contribution in [3.63, 3.8) is 0 Å². The van der Waals surface area contributed by atoms with Crippen molar-refractivity contribution in [2.24, 2.45) is 11.8 Å². The third-order valence-corrected chi connectivity index (χ3v) is 5.32. The lowest BCUT2D eigenvalue weighted by atomic mass is 9.93. The fourth-order valence-corrected chi connectivity index (χ4v) is 3.53. The Balaban J connectivity index is 3.47. The third kappa shape index (κ3) is 16.4. The predicted octanol–water partition coefficient (Wildman–Crippen LogP) is 6.67. The van der Waals surface area contributed by atoms with Crippen LogP contribution in [0.1, 0.15) is 117 Å². The summed E-state index contributed by atoms with van der Waals surface area (Å²) in [7, 11) is 0. The van der Waals surface area contributed by atoms with Gasteiger partial charge in [-0.2, -0.15) is 0 Å². The van der Waals surface area contributed by atoms with Gasteiger partial charge in [-0.1, -0.05) is 104 Å². The summed E-state index contributed by atoms with van der Waals surface area (Å²) in [5.41, 5.74) is 0. The van der Waals surface area contributed by atoms with Crippen LogP contribution in [0.5, 0.6) is 0 Å². The van der Waals surface area contributed by atoms with E-state index in [9.17, 15) is 9.59 Å². The molecule has 0 rings (SSSR count). The molecular weight excluding hydrogens is 328 g/mol. The van der Waals surface area contributed by atoms with Gasteiger partial charge in [0.2, 0.25) is 0 Å². The predicted molar refractivity (Wildman–Crippen MR) is 107 cm³/mol. The summed E-state index contributed by atoms with van der Waals surface area (Å²) in [6, 6.07) is 0. The Morgan fingerprint density at radius 1 is 0.692 bits per heavy atom. The van der Waals surface area contributed by atoms with Gasteiger partial charge < -0.3 is 10.2 Å². The molecule has 2 unspecified atom stereocenters. The van der Waals surface area contributed by atoms with E-state index in [4.69, 9.17) is 10.2 Å². The molecule has 0 aliphatic carbocycles. The van der Waals surface area contributed by atoms with Gasteiger partial charge >= 0.3 is 11.9 Å². The molecule has 0 aliphatic heterocycles. The number of carboxylic acid groups (broad SMARTS) is 2. The first-order valence-corrected chi connectivity index (χ1v) is 10.9. The Morgan fingerprint density at radius 3 is 1.58 bits per heavy atom. The highest BCUT2D eigenvalue weighted by Crippen LogP contribution is 2.20. The zero-order chi connectivity index (χ0) is 19.6. The van der Waals surface area contributed by atoms with Crippen LogP contribution in [0, 0.1) is 11.8 Å². The second-order valence-electron chi connectivity index (χ2n) is 7.99. The second kappa shape index (κ2) is 17.4. The molecule has 0 saturated heterocycles. The molecule has 0 aromatic carbocycles. The lowest BCUT2D eigenvalue weighted by Gasteiger charge is -2.13. The van der Waals surface area contributed by atoms with E-state index < -0.39 is 17.9 Å². The van der Waals surface area contributed by atoms with Crippen LogP contribution in [0.2, 0.25) is 0 Å². The van der Waals surface area contributed by atoms with Crippen LogP contribution >= 0.6 is 0 Å². The SMILES string of the molecule is CCCCCCCCCCCCC(C)CCCCC(CC(=O)O)C(=O)O. The summed E-state index contributed by atoms with van der Waals surface area (Å²) in [5, 5.41) is 17.8. The molecule has 4 heteroatoms. The first-order valence-electron chi connectivity index (χ1n) is 10.9. The molecule has 26 heavy (non-hydrogen) atoms. The average molecular weight is 371 g/mol.